The summed E-state index contributed by atoms with van der Waals surface area (Å²) in [5, 5.41) is 2.98. The van der Waals surface area contributed by atoms with Crippen molar-refractivity contribution in [2.45, 2.75) is 6.42 Å². The van der Waals surface area contributed by atoms with E-state index in [0.29, 0.717) is 31.4 Å². The van der Waals surface area contributed by atoms with E-state index in [9.17, 15) is 4.79 Å². The van der Waals surface area contributed by atoms with Crippen molar-refractivity contribution in [1.29, 1.82) is 0 Å². The maximum atomic E-state index is 12.6. The number of nitrogens with zero attached hydrogens (tertiary/aromatic N) is 5. The third-order valence-electron chi connectivity index (χ3n) is 4.95. The molecule has 3 aromatic heterocycles. The molecule has 0 aliphatic carbocycles. The molecule has 3 aromatic rings. The number of aryl methyl sites for hydroxylation is 1. The zero-order chi connectivity index (χ0) is 20.1. The topological polar surface area (TPSA) is 85.2 Å². The van der Waals surface area contributed by atoms with Gasteiger partial charge in [-0.05, 0) is 30.2 Å². The summed E-state index contributed by atoms with van der Waals surface area (Å²) in [6, 6.07) is 5.77. The van der Waals surface area contributed by atoms with E-state index in [4.69, 9.17) is 4.74 Å². The van der Waals surface area contributed by atoms with Crippen LogP contribution in [0.15, 0.2) is 49.2 Å². The van der Waals surface area contributed by atoms with Crippen LogP contribution < -0.4 is 10.2 Å². The molecular weight excluding hydrogens is 368 g/mol. The Kier molecular flexibility index (Phi) is 5.81. The smallest absolute Gasteiger partial charge is 0.267 e. The molecule has 1 amide bonds. The van der Waals surface area contributed by atoms with Crippen molar-refractivity contribution in [2.75, 3.05) is 37.7 Å². The van der Waals surface area contributed by atoms with Crippen LogP contribution in [0, 0.1) is 0 Å². The lowest BCUT2D eigenvalue weighted by molar-refractivity contribution is 0.0946. The first kappa shape index (κ1) is 19.1. The molecule has 150 valence electrons. The van der Waals surface area contributed by atoms with Gasteiger partial charge in [0.15, 0.2) is 0 Å². The minimum absolute atomic E-state index is 0.0985. The largest absolute Gasteiger partial charge is 0.378 e. The first-order valence-electron chi connectivity index (χ1n) is 9.69. The van der Waals surface area contributed by atoms with Crippen LogP contribution in [0.5, 0.6) is 0 Å². The Morgan fingerprint density at radius 2 is 1.86 bits per heavy atom. The molecule has 1 fully saturated rings. The highest BCUT2D eigenvalue weighted by atomic mass is 16.5. The maximum Gasteiger partial charge on any atom is 0.267 e. The molecule has 1 aliphatic heterocycles. The Hall–Kier alpha value is -3.26. The highest BCUT2D eigenvalue weighted by Gasteiger charge is 2.15. The van der Waals surface area contributed by atoms with Gasteiger partial charge in [0.05, 0.1) is 13.2 Å². The van der Waals surface area contributed by atoms with Gasteiger partial charge in [0.25, 0.3) is 5.91 Å². The number of ether oxygens (including phenoxy) is 1. The second kappa shape index (κ2) is 8.83. The van der Waals surface area contributed by atoms with Crippen LogP contribution in [-0.2, 0) is 18.2 Å². The van der Waals surface area contributed by atoms with E-state index >= 15 is 0 Å². The summed E-state index contributed by atoms with van der Waals surface area (Å²) in [6.45, 7) is 3.57. The summed E-state index contributed by atoms with van der Waals surface area (Å²) in [6.07, 6.45) is 9.81. The van der Waals surface area contributed by atoms with E-state index < -0.39 is 0 Å². The number of aromatic nitrogens is 4. The minimum atomic E-state index is -0.0985. The van der Waals surface area contributed by atoms with Crippen LogP contribution in [0.25, 0.3) is 11.1 Å². The Bertz CT molecular complexity index is 949. The summed E-state index contributed by atoms with van der Waals surface area (Å²) < 4.78 is 7.19. The monoisotopic (exact) mass is 392 g/mol. The van der Waals surface area contributed by atoms with Crippen molar-refractivity contribution >= 4 is 11.9 Å². The minimum Gasteiger partial charge on any atom is -0.378 e. The van der Waals surface area contributed by atoms with Crippen LogP contribution in [0.2, 0.25) is 0 Å². The molecule has 1 N–H and O–H groups in total. The number of amides is 1. The molecule has 1 aliphatic rings. The van der Waals surface area contributed by atoms with Gasteiger partial charge in [-0.15, -0.1) is 0 Å². The predicted molar refractivity (Wildman–Crippen MR) is 110 cm³/mol. The standard InChI is InChI=1S/C21H24N6O2/c1-26-15-17(18-13-24-21(25-14-18)27-8-10-29-11-9-27)12-19(26)20(28)23-7-4-16-2-5-22-6-3-16/h2-3,5-6,12-15H,4,7-11H2,1H3,(H,23,28). The Labute approximate surface area is 169 Å². The van der Waals surface area contributed by atoms with E-state index in [1.54, 1.807) is 24.8 Å². The Balaban J connectivity index is 1.39. The molecule has 8 nitrogen and oxygen atoms in total. The first-order valence-corrected chi connectivity index (χ1v) is 9.69. The van der Waals surface area contributed by atoms with Gasteiger partial charge >= 0.3 is 0 Å². The van der Waals surface area contributed by atoms with Crippen LogP contribution in [0.1, 0.15) is 16.1 Å². The lowest BCUT2D eigenvalue weighted by Gasteiger charge is -2.26. The fourth-order valence-corrected chi connectivity index (χ4v) is 3.31. The molecule has 4 rings (SSSR count). The molecule has 29 heavy (non-hydrogen) atoms. The van der Waals surface area contributed by atoms with Gasteiger partial charge in [-0.25, -0.2) is 9.97 Å². The molecular formula is C21H24N6O2. The molecule has 0 atom stereocenters. The van der Waals surface area contributed by atoms with Crippen LogP contribution in [0.4, 0.5) is 5.95 Å². The summed E-state index contributed by atoms with van der Waals surface area (Å²) in [5.74, 6) is 0.612. The van der Waals surface area contributed by atoms with E-state index in [-0.39, 0.29) is 5.91 Å². The van der Waals surface area contributed by atoms with Gasteiger partial charge in [0.1, 0.15) is 5.69 Å². The lowest BCUT2D eigenvalue weighted by atomic mass is 10.2. The predicted octanol–water partition coefficient (Wildman–Crippen LogP) is 1.69. The average molecular weight is 392 g/mol. The SMILES string of the molecule is Cn1cc(-c2cnc(N3CCOCC3)nc2)cc1C(=O)NCCc1ccncc1. The number of hydrogen-bond donors (Lipinski definition) is 1. The fourth-order valence-electron chi connectivity index (χ4n) is 3.31. The number of nitrogens with one attached hydrogen (secondary N) is 1. The van der Waals surface area contributed by atoms with Gasteiger partial charge in [-0.1, -0.05) is 0 Å². The molecule has 0 spiro atoms. The third-order valence-corrected chi connectivity index (χ3v) is 4.95. The summed E-state index contributed by atoms with van der Waals surface area (Å²) in [5.41, 5.74) is 3.55. The van der Waals surface area contributed by atoms with Crippen molar-refractivity contribution in [3.8, 4) is 11.1 Å². The van der Waals surface area contributed by atoms with Gasteiger partial charge in [-0.2, -0.15) is 0 Å². The molecule has 8 heteroatoms. The van der Waals surface area contributed by atoms with E-state index in [0.717, 1.165) is 36.2 Å². The number of hydrogen-bond acceptors (Lipinski definition) is 6. The molecule has 0 bridgehead atoms. The number of rotatable bonds is 6. The van der Waals surface area contributed by atoms with E-state index in [1.807, 2.05) is 36.0 Å². The van der Waals surface area contributed by atoms with Gasteiger partial charge in [0, 0.05) is 68.8 Å². The molecule has 0 saturated carbocycles. The van der Waals surface area contributed by atoms with E-state index in [1.165, 1.54) is 0 Å². The summed E-state index contributed by atoms with van der Waals surface area (Å²) in [7, 11) is 1.87. The van der Waals surface area contributed by atoms with Crippen LogP contribution >= 0.6 is 0 Å². The zero-order valence-corrected chi connectivity index (χ0v) is 16.4. The number of pyridine rings is 1. The summed E-state index contributed by atoms with van der Waals surface area (Å²) >= 11 is 0. The molecule has 0 radical (unpaired) electrons. The van der Waals surface area contributed by atoms with E-state index in [2.05, 4.69) is 25.2 Å². The zero-order valence-electron chi connectivity index (χ0n) is 16.4. The van der Waals surface area contributed by atoms with Gasteiger partial charge < -0.3 is 19.5 Å². The van der Waals surface area contributed by atoms with Gasteiger partial charge in [0.2, 0.25) is 5.95 Å². The highest BCUT2D eigenvalue weighted by Crippen LogP contribution is 2.22. The second-order valence-corrected chi connectivity index (χ2v) is 6.96. The summed E-state index contributed by atoms with van der Waals surface area (Å²) in [4.78, 5) is 27.7. The Morgan fingerprint density at radius 3 is 2.59 bits per heavy atom. The molecule has 1 saturated heterocycles. The normalized spacial score (nSPS) is 14.0. The van der Waals surface area contributed by atoms with Crippen molar-refractivity contribution in [3.63, 3.8) is 0 Å². The lowest BCUT2D eigenvalue weighted by Crippen LogP contribution is -2.37. The number of morpholine rings is 1. The quantitative estimate of drug-likeness (QED) is 0.687. The first-order chi connectivity index (χ1) is 14.2. The van der Waals surface area contributed by atoms with Crippen molar-refractivity contribution in [2.24, 2.45) is 7.05 Å². The fraction of sp³-hybridized carbons (Fsp3) is 0.333. The van der Waals surface area contributed by atoms with Crippen LogP contribution in [0.3, 0.4) is 0 Å². The number of carbonyl (C=O) groups excluding carboxylic acids is 1. The van der Waals surface area contributed by atoms with Crippen molar-refractivity contribution < 1.29 is 9.53 Å². The van der Waals surface area contributed by atoms with Crippen molar-refractivity contribution in [1.82, 2.24) is 24.8 Å². The molecule has 0 aromatic carbocycles. The number of anilines is 1. The van der Waals surface area contributed by atoms with Crippen LogP contribution in [-0.4, -0.2) is 58.3 Å². The molecule has 4 heterocycles. The number of carbonyl (C=O) groups is 1. The highest BCUT2D eigenvalue weighted by molar-refractivity contribution is 5.94. The average Bonchev–Trinajstić information content (AvgIpc) is 3.17. The second-order valence-electron chi connectivity index (χ2n) is 6.96. The van der Waals surface area contributed by atoms with Crippen molar-refractivity contribution in [3.05, 3.63) is 60.4 Å². The maximum absolute atomic E-state index is 12.6. The van der Waals surface area contributed by atoms with Gasteiger partial charge in [-0.3, -0.25) is 9.78 Å². The third kappa shape index (κ3) is 4.60. The molecule has 0 unspecified atom stereocenters. The Morgan fingerprint density at radius 1 is 1.14 bits per heavy atom.